The van der Waals surface area contributed by atoms with Crippen LogP contribution in [0.5, 0.6) is 5.88 Å². The number of carboxylic acids is 1. The highest BCUT2D eigenvalue weighted by atomic mass is 31.0. The molecule has 0 bridgehead atoms. The summed E-state index contributed by atoms with van der Waals surface area (Å²) in [4.78, 5) is 33.8. The van der Waals surface area contributed by atoms with E-state index in [1.165, 1.54) is 24.3 Å². The summed E-state index contributed by atoms with van der Waals surface area (Å²) in [7, 11) is 1.56. The number of imidazole rings is 1. The number of carbonyl (C=O) groups excluding carboxylic acids is 1. The van der Waals surface area contributed by atoms with Crippen molar-refractivity contribution in [1.29, 1.82) is 0 Å². The number of ether oxygens (including phenoxy) is 1. The highest BCUT2D eigenvalue weighted by molar-refractivity contribution is 7.20. The van der Waals surface area contributed by atoms with Crippen molar-refractivity contribution in [1.82, 2.24) is 19.9 Å². The first-order valence-corrected chi connectivity index (χ1v) is 12.6. The first kappa shape index (κ1) is 30.0. The van der Waals surface area contributed by atoms with E-state index in [0.29, 0.717) is 5.52 Å². The molecule has 1 saturated heterocycles. The van der Waals surface area contributed by atoms with Crippen LogP contribution in [0.3, 0.4) is 0 Å². The predicted molar refractivity (Wildman–Crippen MR) is 140 cm³/mol. The van der Waals surface area contributed by atoms with Crippen LogP contribution in [-0.2, 0) is 11.0 Å². The molecule has 3 atom stereocenters. The second kappa shape index (κ2) is 11.2. The molecule has 15 heteroatoms. The molecular formula is C26H23F6N4O4P. The zero-order valence-electron chi connectivity index (χ0n) is 21.3. The summed E-state index contributed by atoms with van der Waals surface area (Å²) < 4.78 is 85.9. The summed E-state index contributed by atoms with van der Waals surface area (Å²) >= 11 is 0. The minimum atomic E-state index is -4.72. The number of nitrogens with one attached hydrogen (secondary N) is 1. The number of hydrogen-bond donors (Lipinski definition) is 2. The van der Waals surface area contributed by atoms with Crippen molar-refractivity contribution in [3.63, 3.8) is 0 Å². The first-order valence-electron chi connectivity index (χ1n) is 12.0. The smallest absolute Gasteiger partial charge is 0.449 e. The molecule has 1 aliphatic heterocycles. The molecule has 3 unspecified atom stereocenters. The van der Waals surface area contributed by atoms with Gasteiger partial charge in [0.2, 0.25) is 17.1 Å². The molecule has 1 fully saturated rings. The van der Waals surface area contributed by atoms with Crippen LogP contribution in [0.25, 0.3) is 21.9 Å². The summed E-state index contributed by atoms with van der Waals surface area (Å²) in [5.41, 5.74) is 0.300. The standard InChI is InChI=1S/C23H17F5N4O2.C3H6FO2P/c24-22(25)10-11-32(12-17(22)34-18-9-8-13-4-1-2-6-15(13)29-18)20(33)14-5-3-7-16-19(14)31-21(30-16)23(26,27)28;1-3(4,7)2(5)6/h1-9,17H,10-12H2,(H,30,31);7H2,1H3,(H,5,6). The summed E-state index contributed by atoms with van der Waals surface area (Å²) in [5, 5.41) is 6.50. The third kappa shape index (κ3) is 6.87. The van der Waals surface area contributed by atoms with Gasteiger partial charge in [0, 0.05) is 24.4 Å². The minimum absolute atomic E-state index is 0.0121. The summed E-state index contributed by atoms with van der Waals surface area (Å²) in [6, 6.07) is 14.4. The van der Waals surface area contributed by atoms with E-state index in [4.69, 9.17) is 9.84 Å². The van der Waals surface area contributed by atoms with Crippen molar-refractivity contribution in [2.75, 3.05) is 13.1 Å². The lowest BCUT2D eigenvalue weighted by Crippen LogP contribution is -2.55. The third-order valence-corrected chi connectivity index (χ3v) is 6.37. The monoisotopic (exact) mass is 600 g/mol. The Morgan fingerprint density at radius 2 is 1.76 bits per heavy atom. The Labute approximate surface area is 230 Å². The SMILES string of the molecule is CC(F)(P)C(=O)O.O=C(c1cccc2[nH]c(C(F)(F)F)nc12)N1CCC(F)(F)C(Oc2ccc3ccccc3n2)C1. The lowest BCUT2D eigenvalue weighted by Gasteiger charge is -2.38. The topological polar surface area (TPSA) is 108 Å². The Kier molecular flexibility index (Phi) is 8.17. The lowest BCUT2D eigenvalue weighted by molar-refractivity contribution is -0.144. The number of amides is 1. The maximum Gasteiger partial charge on any atom is 0.449 e. The third-order valence-electron chi connectivity index (χ3n) is 6.13. The Morgan fingerprint density at radius 3 is 2.41 bits per heavy atom. The van der Waals surface area contributed by atoms with Crippen LogP contribution in [0.2, 0.25) is 0 Å². The maximum atomic E-state index is 14.7. The minimum Gasteiger partial charge on any atom is -0.479 e. The zero-order chi connectivity index (χ0) is 30.2. The summed E-state index contributed by atoms with van der Waals surface area (Å²) in [6.07, 6.45) is -7.07. The van der Waals surface area contributed by atoms with Crippen molar-refractivity contribution >= 4 is 43.1 Å². The van der Waals surface area contributed by atoms with E-state index in [9.17, 15) is 35.9 Å². The molecule has 3 heterocycles. The van der Waals surface area contributed by atoms with Gasteiger partial charge >= 0.3 is 12.1 Å². The van der Waals surface area contributed by atoms with E-state index in [1.54, 1.807) is 27.4 Å². The summed E-state index contributed by atoms with van der Waals surface area (Å²) in [6.45, 7) is 0.205. The average Bonchev–Trinajstić information content (AvgIpc) is 3.35. The number of H-pyrrole nitrogens is 1. The number of halogens is 6. The number of pyridine rings is 1. The van der Waals surface area contributed by atoms with Gasteiger partial charge in [0.25, 0.3) is 11.8 Å². The number of hydrogen-bond acceptors (Lipinski definition) is 5. The van der Waals surface area contributed by atoms with Gasteiger partial charge in [0.15, 0.2) is 6.10 Å². The Balaban J connectivity index is 0.000000493. The van der Waals surface area contributed by atoms with Gasteiger partial charge in [-0.15, -0.1) is 0 Å². The van der Waals surface area contributed by atoms with Crippen LogP contribution in [0.1, 0.15) is 29.5 Å². The molecule has 218 valence electrons. The Morgan fingerprint density at radius 1 is 1.07 bits per heavy atom. The predicted octanol–water partition coefficient (Wildman–Crippen LogP) is 5.69. The molecular weight excluding hydrogens is 577 g/mol. The molecule has 0 saturated carbocycles. The molecule has 41 heavy (non-hydrogen) atoms. The number of rotatable bonds is 4. The number of aromatic amines is 1. The van der Waals surface area contributed by atoms with Gasteiger partial charge in [0.05, 0.1) is 23.1 Å². The van der Waals surface area contributed by atoms with E-state index in [2.05, 4.69) is 15.0 Å². The molecule has 1 amide bonds. The molecule has 5 rings (SSSR count). The molecule has 1 aliphatic rings. The van der Waals surface area contributed by atoms with Crippen molar-refractivity contribution in [3.05, 3.63) is 66.0 Å². The van der Waals surface area contributed by atoms with Gasteiger partial charge in [-0.2, -0.15) is 13.2 Å². The maximum absolute atomic E-state index is 14.7. The lowest BCUT2D eigenvalue weighted by atomic mass is 10.0. The highest BCUT2D eigenvalue weighted by Crippen LogP contribution is 2.34. The number of carboxylic acid groups (broad SMARTS) is 1. The number of piperidine rings is 1. The molecule has 2 aromatic carbocycles. The van der Waals surface area contributed by atoms with Crippen molar-refractivity contribution < 1.29 is 45.8 Å². The quantitative estimate of drug-likeness (QED) is 0.230. The summed E-state index contributed by atoms with van der Waals surface area (Å²) in [5.74, 6) is -6.65. The number of fused-ring (bicyclic) bond motifs is 2. The first-order chi connectivity index (χ1) is 19.1. The van der Waals surface area contributed by atoms with Gasteiger partial charge in [-0.1, -0.05) is 33.5 Å². The van der Waals surface area contributed by atoms with Crippen LogP contribution < -0.4 is 4.74 Å². The second-order valence-electron chi connectivity index (χ2n) is 9.38. The number of alkyl halides is 6. The van der Waals surface area contributed by atoms with Crippen LogP contribution in [0.4, 0.5) is 26.3 Å². The van der Waals surface area contributed by atoms with Crippen LogP contribution >= 0.6 is 9.24 Å². The number of aliphatic carboxylic acids is 1. The number of aromatic nitrogens is 3. The van der Waals surface area contributed by atoms with E-state index in [0.717, 1.165) is 17.2 Å². The van der Waals surface area contributed by atoms with Gasteiger partial charge in [-0.25, -0.2) is 27.9 Å². The molecule has 4 aromatic rings. The Bertz CT molecular complexity index is 1590. The van der Waals surface area contributed by atoms with Crippen LogP contribution in [-0.4, -0.2) is 67.4 Å². The largest absolute Gasteiger partial charge is 0.479 e. The fraction of sp³-hybridized carbons (Fsp3) is 0.308. The highest BCUT2D eigenvalue weighted by Gasteiger charge is 2.47. The number of para-hydroxylation sites is 2. The molecule has 8 nitrogen and oxygen atoms in total. The van der Waals surface area contributed by atoms with Gasteiger partial charge in [0.1, 0.15) is 5.52 Å². The molecule has 2 N–H and O–H groups in total. The number of likely N-dealkylation sites (tertiary alicyclic amines) is 1. The molecule has 0 radical (unpaired) electrons. The van der Waals surface area contributed by atoms with Gasteiger partial charge in [-0.3, -0.25) is 4.79 Å². The normalized spacial score (nSPS) is 18.3. The molecule has 0 spiro atoms. The van der Waals surface area contributed by atoms with E-state index >= 15 is 0 Å². The fourth-order valence-corrected chi connectivity index (χ4v) is 3.95. The van der Waals surface area contributed by atoms with Crippen LogP contribution in [0.15, 0.2) is 54.6 Å². The number of carbonyl (C=O) groups is 2. The van der Waals surface area contributed by atoms with Crippen molar-refractivity contribution in [2.24, 2.45) is 0 Å². The van der Waals surface area contributed by atoms with Gasteiger partial charge in [-0.05, 0) is 31.2 Å². The van der Waals surface area contributed by atoms with E-state index in [-0.39, 0.29) is 29.0 Å². The second-order valence-corrected chi connectivity index (χ2v) is 10.5. The van der Waals surface area contributed by atoms with Crippen LogP contribution in [0, 0.1) is 0 Å². The number of nitrogens with zero attached hydrogens (tertiary/aromatic N) is 3. The molecule has 0 aliphatic carbocycles. The van der Waals surface area contributed by atoms with Crippen molar-refractivity contribution in [2.45, 2.75) is 37.0 Å². The average molecular weight is 600 g/mol. The van der Waals surface area contributed by atoms with Gasteiger partial charge < -0.3 is 19.7 Å². The van der Waals surface area contributed by atoms with E-state index in [1.807, 2.05) is 12.1 Å². The van der Waals surface area contributed by atoms with E-state index < -0.39 is 54.3 Å². The van der Waals surface area contributed by atoms with Crippen molar-refractivity contribution in [3.8, 4) is 5.88 Å². The zero-order valence-corrected chi connectivity index (χ0v) is 22.4. The fourth-order valence-electron chi connectivity index (χ4n) is 3.95. The Hall–Kier alpha value is -3.93. The number of benzene rings is 2. The molecule has 2 aromatic heterocycles.